The Labute approximate surface area is 181 Å². The van der Waals surface area contributed by atoms with E-state index in [-0.39, 0.29) is 31.9 Å². The van der Waals surface area contributed by atoms with E-state index in [9.17, 15) is 22.0 Å². The number of pyridine rings is 1. The van der Waals surface area contributed by atoms with E-state index in [2.05, 4.69) is 20.3 Å². The van der Waals surface area contributed by atoms with Crippen LogP contribution in [0.2, 0.25) is 0 Å². The summed E-state index contributed by atoms with van der Waals surface area (Å²) in [4.78, 5) is 13.6. The van der Waals surface area contributed by atoms with E-state index in [1.165, 1.54) is 0 Å². The fraction of sp³-hybridized carbons (Fsp3) is 0.318. The van der Waals surface area contributed by atoms with Crippen molar-refractivity contribution >= 4 is 17.5 Å². The fourth-order valence-electron chi connectivity index (χ4n) is 3.53. The number of aryl methyl sites for hydroxylation is 1. The lowest BCUT2D eigenvalue weighted by molar-refractivity contribution is -0.141. The average Bonchev–Trinajstić information content (AvgIpc) is 2.73. The molecule has 3 heterocycles. The number of hydrogen-bond acceptors (Lipinski definition) is 5. The van der Waals surface area contributed by atoms with Crippen molar-refractivity contribution in [3.63, 3.8) is 0 Å². The number of anilines is 3. The van der Waals surface area contributed by atoms with E-state index in [1.807, 2.05) is 24.0 Å². The number of hydrogen-bond donors (Lipinski definition) is 1. The summed E-state index contributed by atoms with van der Waals surface area (Å²) < 4.78 is 65.4. The van der Waals surface area contributed by atoms with Gasteiger partial charge in [-0.05, 0) is 48.4 Å². The zero-order valence-corrected chi connectivity index (χ0v) is 17.1. The van der Waals surface area contributed by atoms with E-state index in [1.54, 1.807) is 24.4 Å². The van der Waals surface area contributed by atoms with Crippen molar-refractivity contribution in [1.29, 1.82) is 0 Å². The first kappa shape index (κ1) is 21.9. The Morgan fingerprint density at radius 2 is 1.72 bits per heavy atom. The van der Waals surface area contributed by atoms with Crippen molar-refractivity contribution in [3.8, 4) is 11.1 Å². The molecule has 0 aliphatic carbocycles. The van der Waals surface area contributed by atoms with Crippen LogP contribution in [0.15, 0.2) is 48.8 Å². The van der Waals surface area contributed by atoms with Crippen LogP contribution < -0.4 is 10.2 Å². The molecular formula is C22H20F5N5. The average molecular weight is 449 g/mol. The molecule has 32 heavy (non-hydrogen) atoms. The normalized spacial score (nSPS) is 16.1. The van der Waals surface area contributed by atoms with Crippen LogP contribution in [0, 0.1) is 6.92 Å². The first-order valence-electron chi connectivity index (χ1n) is 9.97. The Kier molecular flexibility index (Phi) is 5.70. The summed E-state index contributed by atoms with van der Waals surface area (Å²) in [5.74, 6) is -2.15. The minimum Gasteiger partial charge on any atom is -0.356 e. The quantitative estimate of drug-likeness (QED) is 0.507. The maximum absolute atomic E-state index is 13.4. The largest absolute Gasteiger partial charge is 0.433 e. The molecule has 0 saturated carbocycles. The van der Waals surface area contributed by atoms with Gasteiger partial charge in [-0.3, -0.25) is 0 Å². The van der Waals surface area contributed by atoms with Crippen molar-refractivity contribution < 1.29 is 22.0 Å². The highest BCUT2D eigenvalue weighted by atomic mass is 19.4. The second-order valence-corrected chi connectivity index (χ2v) is 7.72. The molecule has 168 valence electrons. The standard InChI is InChI=1S/C22H20F5N5/c1-14-10-16(12-17(11-14)30-20-28-7-4-18(31-20)22(25,26)27)15-2-3-19(29-13-15)32-8-5-21(23,24)6-9-32/h2-4,7,10-13H,5-6,8-9H2,1H3,(H,28,30,31). The molecule has 0 radical (unpaired) electrons. The van der Waals surface area contributed by atoms with Gasteiger partial charge in [0.1, 0.15) is 11.5 Å². The number of nitrogens with zero attached hydrogens (tertiary/aromatic N) is 4. The van der Waals surface area contributed by atoms with Gasteiger partial charge >= 0.3 is 6.18 Å². The third kappa shape index (κ3) is 5.12. The van der Waals surface area contributed by atoms with Gasteiger partial charge in [0, 0.05) is 49.6 Å². The monoisotopic (exact) mass is 449 g/mol. The molecule has 0 bridgehead atoms. The number of rotatable bonds is 4. The summed E-state index contributed by atoms with van der Waals surface area (Å²) >= 11 is 0. The molecule has 3 aromatic rings. The minimum atomic E-state index is -4.56. The van der Waals surface area contributed by atoms with Gasteiger partial charge in [0.15, 0.2) is 0 Å². The zero-order valence-electron chi connectivity index (χ0n) is 17.1. The van der Waals surface area contributed by atoms with Crippen molar-refractivity contribution in [3.05, 3.63) is 60.0 Å². The van der Waals surface area contributed by atoms with Crippen LogP contribution in [0.25, 0.3) is 11.1 Å². The van der Waals surface area contributed by atoms with Gasteiger partial charge in [-0.25, -0.2) is 23.7 Å². The second-order valence-electron chi connectivity index (χ2n) is 7.72. The van der Waals surface area contributed by atoms with Crippen molar-refractivity contribution in [2.24, 2.45) is 0 Å². The van der Waals surface area contributed by atoms with Crippen LogP contribution >= 0.6 is 0 Å². The van der Waals surface area contributed by atoms with Gasteiger partial charge in [-0.1, -0.05) is 6.07 Å². The predicted octanol–water partition coefficient (Wildman–Crippen LogP) is 5.84. The summed E-state index contributed by atoms with van der Waals surface area (Å²) in [5, 5.41) is 2.82. The van der Waals surface area contributed by atoms with Crippen LogP contribution in [0.3, 0.4) is 0 Å². The Bertz CT molecular complexity index is 1090. The molecule has 0 amide bonds. The predicted molar refractivity (Wildman–Crippen MR) is 111 cm³/mol. The number of halogens is 5. The summed E-state index contributed by atoms with van der Waals surface area (Å²) in [7, 11) is 0. The minimum absolute atomic E-state index is 0.160. The van der Waals surface area contributed by atoms with Crippen LogP contribution in [-0.4, -0.2) is 34.0 Å². The molecule has 1 N–H and O–H groups in total. The molecular weight excluding hydrogens is 429 g/mol. The molecule has 4 rings (SSSR count). The van der Waals surface area contributed by atoms with Crippen LogP contribution in [0.4, 0.5) is 39.4 Å². The van der Waals surface area contributed by atoms with Crippen molar-refractivity contribution in [2.75, 3.05) is 23.3 Å². The van der Waals surface area contributed by atoms with Gasteiger partial charge in [0.2, 0.25) is 5.95 Å². The highest BCUT2D eigenvalue weighted by molar-refractivity contribution is 5.71. The number of piperidine rings is 1. The van der Waals surface area contributed by atoms with E-state index in [0.717, 1.165) is 29.0 Å². The Hall–Kier alpha value is -3.30. The fourth-order valence-corrected chi connectivity index (χ4v) is 3.53. The number of alkyl halides is 5. The Morgan fingerprint density at radius 1 is 0.969 bits per heavy atom. The van der Waals surface area contributed by atoms with Gasteiger partial charge < -0.3 is 10.2 Å². The molecule has 2 aromatic heterocycles. The number of benzene rings is 1. The summed E-state index contributed by atoms with van der Waals surface area (Å²) in [6, 6.07) is 9.87. The third-order valence-corrected chi connectivity index (χ3v) is 5.18. The molecule has 0 unspecified atom stereocenters. The Morgan fingerprint density at radius 3 is 2.38 bits per heavy atom. The van der Waals surface area contributed by atoms with Crippen molar-refractivity contribution in [2.45, 2.75) is 31.9 Å². The van der Waals surface area contributed by atoms with Gasteiger partial charge in [-0.15, -0.1) is 0 Å². The van der Waals surface area contributed by atoms with Gasteiger partial charge in [0.05, 0.1) is 0 Å². The molecule has 0 spiro atoms. The molecule has 1 aliphatic rings. The van der Waals surface area contributed by atoms with Gasteiger partial charge in [0.25, 0.3) is 5.92 Å². The third-order valence-electron chi connectivity index (χ3n) is 5.18. The zero-order chi connectivity index (χ0) is 22.9. The maximum Gasteiger partial charge on any atom is 0.433 e. The lowest BCUT2D eigenvalue weighted by atomic mass is 10.0. The highest BCUT2D eigenvalue weighted by Gasteiger charge is 2.34. The lowest BCUT2D eigenvalue weighted by Gasteiger charge is -2.32. The summed E-state index contributed by atoms with van der Waals surface area (Å²) in [5.41, 5.74) is 1.95. The van der Waals surface area contributed by atoms with E-state index < -0.39 is 17.8 Å². The van der Waals surface area contributed by atoms with Crippen molar-refractivity contribution in [1.82, 2.24) is 15.0 Å². The molecule has 5 nitrogen and oxygen atoms in total. The first-order chi connectivity index (χ1) is 15.1. The molecule has 1 saturated heterocycles. The molecule has 1 aliphatic heterocycles. The molecule has 10 heteroatoms. The van der Waals surface area contributed by atoms with Crippen LogP contribution in [0.1, 0.15) is 24.1 Å². The maximum atomic E-state index is 13.4. The van der Waals surface area contributed by atoms with E-state index in [4.69, 9.17) is 0 Å². The SMILES string of the molecule is Cc1cc(Nc2nccc(C(F)(F)F)n2)cc(-c2ccc(N3CCC(F)(F)CC3)nc2)c1. The van der Waals surface area contributed by atoms with Gasteiger partial charge in [-0.2, -0.15) is 13.2 Å². The number of nitrogens with one attached hydrogen (secondary N) is 1. The molecule has 0 atom stereocenters. The van der Waals surface area contributed by atoms with Crippen LogP contribution in [-0.2, 0) is 6.18 Å². The van der Waals surface area contributed by atoms with E-state index in [0.29, 0.717) is 11.5 Å². The molecule has 1 fully saturated rings. The van der Waals surface area contributed by atoms with Crippen LogP contribution in [0.5, 0.6) is 0 Å². The first-order valence-corrected chi connectivity index (χ1v) is 9.97. The number of aromatic nitrogens is 3. The summed E-state index contributed by atoms with van der Waals surface area (Å²) in [6.07, 6.45) is -2.24. The topological polar surface area (TPSA) is 53.9 Å². The molecule has 1 aromatic carbocycles. The highest BCUT2D eigenvalue weighted by Crippen LogP contribution is 2.32. The second kappa shape index (κ2) is 8.33. The van der Waals surface area contributed by atoms with E-state index >= 15 is 0 Å². The summed E-state index contributed by atoms with van der Waals surface area (Å²) in [6.45, 7) is 2.35. The smallest absolute Gasteiger partial charge is 0.356 e. The lowest BCUT2D eigenvalue weighted by Crippen LogP contribution is -2.39. The Balaban J connectivity index is 1.53.